The molecule has 0 unspecified atom stereocenters. The Balaban J connectivity index is 0.00000274. The number of pyridine rings is 1. The first-order valence-corrected chi connectivity index (χ1v) is 12.9. The molecule has 3 amide bonds. The van der Waals surface area contributed by atoms with Crippen molar-refractivity contribution in [2.75, 3.05) is 24.3 Å². The molecule has 0 aliphatic rings. The lowest BCUT2D eigenvalue weighted by atomic mass is 9.84. The largest absolute Gasteiger partial charge is 0.369 e. The molecule has 9 nitrogen and oxygen atoms in total. The Bertz CT molecular complexity index is 1490. The van der Waals surface area contributed by atoms with Crippen molar-refractivity contribution in [3.63, 3.8) is 0 Å². The molecule has 10 heteroatoms. The lowest BCUT2D eigenvalue weighted by Gasteiger charge is -2.29. The number of hydrogen-bond donors (Lipinski definition) is 2. The molecule has 0 saturated carbocycles. The van der Waals surface area contributed by atoms with Crippen molar-refractivity contribution in [3.8, 4) is 0 Å². The van der Waals surface area contributed by atoms with Crippen LogP contribution in [-0.4, -0.2) is 41.8 Å². The van der Waals surface area contributed by atoms with Gasteiger partial charge in [-0.2, -0.15) is 0 Å². The maximum absolute atomic E-state index is 14.8. The zero-order valence-corrected chi connectivity index (χ0v) is 24.5. The predicted molar refractivity (Wildman–Crippen MR) is 157 cm³/mol. The Labute approximate surface area is 234 Å². The van der Waals surface area contributed by atoms with Crippen molar-refractivity contribution < 1.29 is 18.8 Å². The van der Waals surface area contributed by atoms with E-state index in [-0.39, 0.29) is 28.3 Å². The summed E-state index contributed by atoms with van der Waals surface area (Å²) in [5.41, 5.74) is 5.78. The number of halogens is 1. The summed E-state index contributed by atoms with van der Waals surface area (Å²) in [5, 5.41) is 2.90. The van der Waals surface area contributed by atoms with Crippen LogP contribution in [0.15, 0.2) is 47.3 Å². The molecule has 0 radical (unpaired) electrons. The lowest BCUT2D eigenvalue weighted by Crippen LogP contribution is -2.36. The molecule has 0 aliphatic carbocycles. The molecule has 2 aromatic carbocycles. The number of nitrogens with two attached hydrogens (primary N) is 1. The second kappa shape index (κ2) is 12.6. The molecule has 0 fully saturated rings. The second-order valence-corrected chi connectivity index (χ2v) is 9.88. The minimum Gasteiger partial charge on any atom is -0.369 e. The van der Waals surface area contributed by atoms with E-state index in [4.69, 9.17) is 5.73 Å². The first kappa shape index (κ1) is 31.7. The normalized spacial score (nSPS) is 10.8. The molecule has 0 saturated heterocycles. The molecular weight excluding hydrogens is 513 g/mol. The van der Waals surface area contributed by atoms with Gasteiger partial charge in [-0.15, -0.1) is 0 Å². The van der Waals surface area contributed by atoms with E-state index < -0.39 is 28.6 Å². The number of nitrogens with zero attached hydrogens (tertiary/aromatic N) is 3. The van der Waals surface area contributed by atoms with Crippen molar-refractivity contribution >= 4 is 41.1 Å². The minimum absolute atomic E-state index is 0.0116. The van der Waals surface area contributed by atoms with Crippen molar-refractivity contribution in [3.05, 3.63) is 80.9 Å². The SMILES string of the molecule is CC.Cc1ccc(Nc2c(C(=O)N(C)C)c(N(C=O)c3cccc(C(C)(C)C(N)=O)c3)c(C)c(=O)n2C)c(F)c1. The molecule has 40 heavy (non-hydrogen) atoms. The van der Waals surface area contributed by atoms with Crippen LogP contribution in [0.1, 0.15) is 54.7 Å². The molecule has 3 aromatic rings. The van der Waals surface area contributed by atoms with Gasteiger partial charge in [-0.25, -0.2) is 4.39 Å². The molecule has 3 rings (SSSR count). The summed E-state index contributed by atoms with van der Waals surface area (Å²) in [5.74, 6) is -1.64. The van der Waals surface area contributed by atoms with Crippen LogP contribution in [0.25, 0.3) is 0 Å². The Morgan fingerprint density at radius 1 is 1.07 bits per heavy atom. The fourth-order valence-corrected chi connectivity index (χ4v) is 4.07. The van der Waals surface area contributed by atoms with Crippen LogP contribution in [0.3, 0.4) is 0 Å². The van der Waals surface area contributed by atoms with Gasteiger partial charge in [0, 0.05) is 32.4 Å². The van der Waals surface area contributed by atoms with Crippen LogP contribution in [0.5, 0.6) is 0 Å². The average molecular weight is 552 g/mol. The molecule has 0 spiro atoms. The number of benzene rings is 2. The summed E-state index contributed by atoms with van der Waals surface area (Å²) in [4.78, 5) is 54.0. The van der Waals surface area contributed by atoms with Crippen LogP contribution < -0.4 is 21.5 Å². The van der Waals surface area contributed by atoms with Gasteiger partial charge in [-0.1, -0.05) is 32.0 Å². The fourth-order valence-electron chi connectivity index (χ4n) is 4.07. The van der Waals surface area contributed by atoms with Crippen molar-refractivity contribution in [2.45, 2.75) is 47.0 Å². The number of aryl methyl sites for hydroxylation is 1. The molecule has 3 N–H and O–H groups in total. The number of anilines is 4. The summed E-state index contributed by atoms with van der Waals surface area (Å²) in [6.07, 6.45) is 0.487. The topological polar surface area (TPSA) is 118 Å². The standard InChI is InChI=1S/C28H32FN5O4.C2H6/c1-16-11-12-21(20(29)13-16)31-24-22(26(37)32(5)6)23(17(2)25(36)33(24)7)34(15-35)19-10-8-9-18(14-19)28(3,4)27(30)38;1-2/h8-15,31H,1-7H3,(H2,30,38);1-2H3. The summed E-state index contributed by atoms with van der Waals surface area (Å²) >= 11 is 0. The molecular formula is C30H38FN5O4. The van der Waals surface area contributed by atoms with E-state index in [1.165, 1.54) is 54.6 Å². The highest BCUT2D eigenvalue weighted by atomic mass is 19.1. The van der Waals surface area contributed by atoms with Crippen molar-refractivity contribution in [2.24, 2.45) is 12.8 Å². The van der Waals surface area contributed by atoms with Crippen molar-refractivity contribution in [1.29, 1.82) is 0 Å². The maximum atomic E-state index is 14.8. The zero-order chi connectivity index (χ0) is 30.5. The van der Waals surface area contributed by atoms with Gasteiger partial charge in [-0.3, -0.25) is 28.6 Å². The van der Waals surface area contributed by atoms with Crippen LogP contribution in [-0.2, 0) is 22.1 Å². The van der Waals surface area contributed by atoms with Gasteiger partial charge in [0.15, 0.2) is 0 Å². The highest BCUT2D eigenvalue weighted by molar-refractivity contribution is 6.08. The highest BCUT2D eigenvalue weighted by Gasteiger charge is 2.31. The second-order valence-electron chi connectivity index (χ2n) is 9.88. The molecule has 0 bridgehead atoms. The number of nitrogens with one attached hydrogen (secondary N) is 1. The monoisotopic (exact) mass is 551 g/mol. The summed E-state index contributed by atoms with van der Waals surface area (Å²) in [6.45, 7) is 10.6. The van der Waals surface area contributed by atoms with Crippen LogP contribution in [0.4, 0.5) is 27.3 Å². The number of aromatic nitrogens is 1. The molecule has 1 heterocycles. The predicted octanol–water partition coefficient (Wildman–Crippen LogP) is 4.67. The number of primary amides is 1. The van der Waals surface area contributed by atoms with E-state index >= 15 is 0 Å². The van der Waals surface area contributed by atoms with Gasteiger partial charge in [0.2, 0.25) is 12.3 Å². The molecule has 0 atom stereocenters. The molecule has 0 aliphatic heterocycles. The van der Waals surface area contributed by atoms with Gasteiger partial charge in [0.05, 0.1) is 16.8 Å². The number of amides is 3. The zero-order valence-electron chi connectivity index (χ0n) is 24.5. The third-order valence-corrected chi connectivity index (χ3v) is 6.60. The highest BCUT2D eigenvalue weighted by Crippen LogP contribution is 2.37. The molecule has 1 aromatic heterocycles. The van der Waals surface area contributed by atoms with Gasteiger partial charge < -0.3 is 16.0 Å². The first-order valence-electron chi connectivity index (χ1n) is 12.9. The average Bonchev–Trinajstić information content (AvgIpc) is 2.92. The summed E-state index contributed by atoms with van der Waals surface area (Å²) in [6, 6.07) is 11.1. The number of carbonyl (C=O) groups excluding carboxylic acids is 3. The minimum atomic E-state index is -1.05. The number of carbonyl (C=O) groups is 3. The van der Waals surface area contributed by atoms with E-state index in [0.717, 1.165) is 0 Å². The lowest BCUT2D eigenvalue weighted by molar-refractivity contribution is -0.122. The summed E-state index contributed by atoms with van der Waals surface area (Å²) in [7, 11) is 4.52. The third-order valence-electron chi connectivity index (χ3n) is 6.60. The Morgan fingerprint density at radius 2 is 1.70 bits per heavy atom. The molecule has 214 valence electrons. The van der Waals surface area contributed by atoms with Gasteiger partial charge in [0.1, 0.15) is 17.2 Å². The number of rotatable bonds is 8. The first-order chi connectivity index (χ1) is 18.7. The smallest absolute Gasteiger partial charge is 0.259 e. The maximum Gasteiger partial charge on any atom is 0.259 e. The Morgan fingerprint density at radius 3 is 2.23 bits per heavy atom. The van der Waals surface area contributed by atoms with Crippen molar-refractivity contribution in [1.82, 2.24) is 9.47 Å². The Kier molecular flexibility index (Phi) is 9.99. The van der Waals surface area contributed by atoms with Crippen LogP contribution in [0, 0.1) is 19.7 Å². The van der Waals surface area contributed by atoms with E-state index in [2.05, 4.69) is 5.32 Å². The van der Waals surface area contributed by atoms with Crippen LogP contribution >= 0.6 is 0 Å². The number of hydrogen-bond acceptors (Lipinski definition) is 5. The Hall–Kier alpha value is -4.47. The van der Waals surface area contributed by atoms with E-state index in [1.807, 2.05) is 13.8 Å². The van der Waals surface area contributed by atoms with E-state index in [9.17, 15) is 23.6 Å². The fraction of sp³-hybridized carbons (Fsp3) is 0.333. The third kappa shape index (κ3) is 6.06. The quantitative estimate of drug-likeness (QED) is 0.395. The van der Waals surface area contributed by atoms with Gasteiger partial charge in [0.25, 0.3) is 11.5 Å². The van der Waals surface area contributed by atoms with Gasteiger partial charge in [-0.05, 0) is 63.1 Å². The summed E-state index contributed by atoms with van der Waals surface area (Å²) < 4.78 is 16.0. The van der Waals surface area contributed by atoms with E-state index in [1.54, 1.807) is 51.1 Å². The van der Waals surface area contributed by atoms with E-state index in [0.29, 0.717) is 23.2 Å². The van der Waals surface area contributed by atoms with Crippen LogP contribution in [0.2, 0.25) is 0 Å². The van der Waals surface area contributed by atoms with Gasteiger partial charge >= 0.3 is 0 Å².